The zero-order valence-electron chi connectivity index (χ0n) is 17.9. The summed E-state index contributed by atoms with van der Waals surface area (Å²) < 4.78 is 37.7. The van der Waals surface area contributed by atoms with Gasteiger partial charge in [-0.15, -0.1) is 0 Å². The van der Waals surface area contributed by atoms with Gasteiger partial charge in [-0.05, 0) is 48.9 Å². The normalized spacial score (nSPS) is 10.9. The summed E-state index contributed by atoms with van der Waals surface area (Å²) in [5.74, 6) is -1.50. The number of nitriles is 1. The van der Waals surface area contributed by atoms with E-state index in [0.29, 0.717) is 16.6 Å². The van der Waals surface area contributed by atoms with Crippen molar-refractivity contribution in [1.29, 1.82) is 5.26 Å². The molecule has 4 aromatic rings. The number of halogens is 1. The SMILES string of the molecule is Cc1ccc(CNS(N)(=O)=O)cc1.N#Cc1cc(C(=O)O)c2cnn(-c3ccc(F)cc3)c2c1. The van der Waals surface area contributed by atoms with Crippen LogP contribution in [0.2, 0.25) is 0 Å². The van der Waals surface area contributed by atoms with E-state index in [1.807, 2.05) is 37.3 Å². The molecule has 0 bridgehead atoms. The molecule has 1 aromatic heterocycles. The summed E-state index contributed by atoms with van der Waals surface area (Å²) in [6.45, 7) is 2.20. The number of benzene rings is 3. The number of carbonyl (C=O) groups is 1. The summed E-state index contributed by atoms with van der Waals surface area (Å²) in [6.07, 6.45) is 1.42. The molecule has 4 rings (SSSR count). The molecule has 11 heteroatoms. The Morgan fingerprint density at radius 3 is 2.38 bits per heavy atom. The molecular weight excluding hydrogens is 461 g/mol. The number of fused-ring (bicyclic) bond motifs is 1. The number of nitrogens with one attached hydrogen (secondary N) is 1. The molecule has 0 amide bonds. The summed E-state index contributed by atoms with van der Waals surface area (Å²) in [7, 11) is -3.58. The van der Waals surface area contributed by atoms with Gasteiger partial charge in [0, 0.05) is 11.9 Å². The molecular formula is C23H20FN5O4S. The van der Waals surface area contributed by atoms with E-state index in [-0.39, 0.29) is 23.5 Å². The van der Waals surface area contributed by atoms with Crippen molar-refractivity contribution in [1.82, 2.24) is 14.5 Å². The molecule has 3 aromatic carbocycles. The smallest absolute Gasteiger partial charge is 0.336 e. The van der Waals surface area contributed by atoms with E-state index in [1.54, 1.807) is 6.07 Å². The number of nitrogens with zero attached hydrogens (tertiary/aromatic N) is 3. The average molecular weight is 482 g/mol. The van der Waals surface area contributed by atoms with Gasteiger partial charge in [0.05, 0.1) is 34.6 Å². The Balaban J connectivity index is 0.000000215. The number of hydrogen-bond donors (Lipinski definition) is 3. The number of carboxylic acid groups (broad SMARTS) is 1. The molecule has 0 atom stereocenters. The van der Waals surface area contributed by atoms with Crippen molar-refractivity contribution in [3.05, 3.63) is 94.9 Å². The number of aromatic nitrogens is 2. The van der Waals surface area contributed by atoms with Gasteiger partial charge in [-0.2, -0.15) is 23.5 Å². The minimum absolute atomic E-state index is 0.0115. The lowest BCUT2D eigenvalue weighted by Gasteiger charge is -2.05. The zero-order valence-corrected chi connectivity index (χ0v) is 18.8. The summed E-state index contributed by atoms with van der Waals surface area (Å²) in [4.78, 5) is 11.3. The minimum Gasteiger partial charge on any atom is -0.478 e. The highest BCUT2D eigenvalue weighted by Gasteiger charge is 2.15. The summed E-state index contributed by atoms with van der Waals surface area (Å²) in [5.41, 5.74) is 3.33. The maximum Gasteiger partial charge on any atom is 0.336 e. The Morgan fingerprint density at radius 2 is 1.82 bits per heavy atom. The quantitative estimate of drug-likeness (QED) is 0.399. The molecule has 0 aliphatic heterocycles. The van der Waals surface area contributed by atoms with Crippen molar-refractivity contribution in [2.24, 2.45) is 5.14 Å². The number of rotatable bonds is 5. The van der Waals surface area contributed by atoms with Crippen molar-refractivity contribution in [3.63, 3.8) is 0 Å². The molecule has 1 heterocycles. The van der Waals surface area contributed by atoms with Crippen LogP contribution in [0.15, 0.2) is 66.9 Å². The zero-order chi connectivity index (χ0) is 24.9. The molecule has 0 aliphatic carbocycles. The minimum atomic E-state index is -3.58. The number of nitrogens with two attached hydrogens (primary N) is 1. The fourth-order valence-electron chi connectivity index (χ4n) is 3.05. The van der Waals surface area contributed by atoms with Gasteiger partial charge in [0.1, 0.15) is 5.82 Å². The number of aromatic carboxylic acids is 1. The van der Waals surface area contributed by atoms with Gasteiger partial charge < -0.3 is 5.11 Å². The number of aryl methyl sites for hydroxylation is 1. The van der Waals surface area contributed by atoms with Crippen molar-refractivity contribution >= 4 is 27.1 Å². The monoisotopic (exact) mass is 481 g/mol. The summed E-state index contributed by atoms with van der Waals surface area (Å²) in [5, 5.41) is 27.6. The van der Waals surface area contributed by atoms with Crippen LogP contribution in [0.4, 0.5) is 4.39 Å². The van der Waals surface area contributed by atoms with Crippen LogP contribution in [0, 0.1) is 24.1 Å². The largest absolute Gasteiger partial charge is 0.478 e. The van der Waals surface area contributed by atoms with Gasteiger partial charge in [-0.25, -0.2) is 19.0 Å². The van der Waals surface area contributed by atoms with Crippen LogP contribution in [-0.4, -0.2) is 29.3 Å². The molecule has 9 nitrogen and oxygen atoms in total. The fraction of sp³-hybridized carbons (Fsp3) is 0.0870. The third-order valence-electron chi connectivity index (χ3n) is 4.72. The Morgan fingerprint density at radius 1 is 1.18 bits per heavy atom. The predicted octanol–water partition coefficient (Wildman–Crippen LogP) is 3.02. The van der Waals surface area contributed by atoms with Crippen molar-refractivity contribution in [2.75, 3.05) is 0 Å². The summed E-state index contributed by atoms with van der Waals surface area (Å²) in [6, 6.07) is 18.0. The van der Waals surface area contributed by atoms with E-state index in [0.717, 1.165) is 11.1 Å². The third kappa shape index (κ3) is 6.23. The van der Waals surface area contributed by atoms with E-state index in [2.05, 4.69) is 9.82 Å². The first kappa shape index (κ1) is 24.5. The van der Waals surface area contributed by atoms with Crippen LogP contribution >= 0.6 is 0 Å². The summed E-state index contributed by atoms with van der Waals surface area (Å²) >= 11 is 0. The van der Waals surface area contributed by atoms with Crippen LogP contribution < -0.4 is 9.86 Å². The number of hydrogen-bond acceptors (Lipinski definition) is 5. The van der Waals surface area contributed by atoms with E-state index < -0.39 is 16.2 Å². The van der Waals surface area contributed by atoms with E-state index in [4.69, 9.17) is 10.4 Å². The lowest BCUT2D eigenvalue weighted by molar-refractivity contribution is 0.0699. The highest BCUT2D eigenvalue weighted by molar-refractivity contribution is 7.87. The second-order valence-electron chi connectivity index (χ2n) is 7.26. The third-order valence-corrected chi connectivity index (χ3v) is 5.26. The molecule has 0 spiro atoms. The lowest BCUT2D eigenvalue weighted by Crippen LogP contribution is -2.30. The Bertz CT molecular complexity index is 1480. The molecule has 34 heavy (non-hydrogen) atoms. The Labute approximate surface area is 195 Å². The fourth-order valence-corrected chi connectivity index (χ4v) is 3.41. The van der Waals surface area contributed by atoms with Gasteiger partial charge in [0.25, 0.3) is 10.2 Å². The Kier molecular flexibility index (Phi) is 7.37. The van der Waals surface area contributed by atoms with E-state index in [1.165, 1.54) is 41.2 Å². The van der Waals surface area contributed by atoms with Gasteiger partial charge in [0.15, 0.2) is 0 Å². The second-order valence-corrected chi connectivity index (χ2v) is 8.64. The molecule has 0 saturated heterocycles. The second kappa shape index (κ2) is 10.2. The highest BCUT2D eigenvalue weighted by Crippen LogP contribution is 2.24. The van der Waals surface area contributed by atoms with Crippen molar-refractivity contribution in [3.8, 4) is 11.8 Å². The molecule has 4 N–H and O–H groups in total. The molecule has 0 unspecified atom stereocenters. The van der Waals surface area contributed by atoms with Gasteiger partial charge >= 0.3 is 5.97 Å². The van der Waals surface area contributed by atoms with Gasteiger partial charge in [-0.1, -0.05) is 29.8 Å². The first-order chi connectivity index (χ1) is 16.1. The van der Waals surface area contributed by atoms with E-state index >= 15 is 0 Å². The maximum absolute atomic E-state index is 13.0. The lowest BCUT2D eigenvalue weighted by atomic mass is 10.1. The first-order valence-corrected chi connectivity index (χ1v) is 11.4. The van der Waals surface area contributed by atoms with Crippen LogP contribution in [0.1, 0.15) is 27.0 Å². The van der Waals surface area contributed by atoms with Crippen molar-refractivity contribution in [2.45, 2.75) is 13.5 Å². The predicted molar refractivity (Wildman–Crippen MR) is 124 cm³/mol. The van der Waals surface area contributed by atoms with E-state index in [9.17, 15) is 22.7 Å². The standard InChI is InChI=1S/C15H8FN3O2.C8H12N2O2S/c16-10-1-3-11(4-2-10)19-14-6-9(7-17)5-12(15(20)21)13(14)8-18-19;1-7-2-4-8(5-3-7)6-10-13(9,11)12/h1-6,8H,(H,20,21);2-5,10H,6H2,1H3,(H2,9,11,12). The molecule has 0 aliphatic rings. The van der Waals surface area contributed by atoms with Gasteiger partial charge in [-0.3, -0.25) is 0 Å². The van der Waals surface area contributed by atoms with Crippen LogP contribution in [0.3, 0.4) is 0 Å². The van der Waals surface area contributed by atoms with Crippen molar-refractivity contribution < 1.29 is 22.7 Å². The number of carboxylic acids is 1. The van der Waals surface area contributed by atoms with Gasteiger partial charge in [0.2, 0.25) is 0 Å². The highest BCUT2D eigenvalue weighted by atomic mass is 32.2. The molecule has 0 saturated carbocycles. The van der Waals surface area contributed by atoms with Crippen LogP contribution in [-0.2, 0) is 16.8 Å². The topological polar surface area (TPSA) is 151 Å². The molecule has 174 valence electrons. The molecule has 0 radical (unpaired) electrons. The maximum atomic E-state index is 13.0. The Hall–Kier alpha value is -4.11. The van der Waals surface area contributed by atoms with Crippen LogP contribution in [0.25, 0.3) is 16.6 Å². The van der Waals surface area contributed by atoms with Crippen LogP contribution in [0.5, 0.6) is 0 Å². The first-order valence-electron chi connectivity index (χ1n) is 9.81. The molecule has 0 fully saturated rings. The average Bonchev–Trinajstić information content (AvgIpc) is 3.22.